The minimum Gasteiger partial charge on any atom is -0.495 e. The zero-order valence-corrected chi connectivity index (χ0v) is 13.4. The summed E-state index contributed by atoms with van der Waals surface area (Å²) in [4.78, 5) is 13.9. The zero-order chi connectivity index (χ0) is 15.3. The second-order valence-corrected chi connectivity index (χ2v) is 5.77. The highest BCUT2D eigenvalue weighted by molar-refractivity contribution is 5.91. The number of nitrogens with one attached hydrogen (secondary N) is 1. The number of anilines is 1. The lowest BCUT2D eigenvalue weighted by Gasteiger charge is -2.23. The molecule has 4 nitrogen and oxygen atoms in total. The van der Waals surface area contributed by atoms with Gasteiger partial charge in [-0.2, -0.15) is 0 Å². The third-order valence-electron chi connectivity index (χ3n) is 3.36. The molecule has 0 fully saturated rings. The number of methoxy groups -OCH3 is 1. The average molecular weight is 278 g/mol. The first-order valence-electron chi connectivity index (χ1n) is 7.07. The number of carbonyl (C=O) groups excluding carboxylic acids is 1. The van der Waals surface area contributed by atoms with E-state index in [0.29, 0.717) is 18.8 Å². The average Bonchev–Trinajstić information content (AvgIpc) is 2.39. The van der Waals surface area contributed by atoms with E-state index in [2.05, 4.69) is 26.1 Å². The van der Waals surface area contributed by atoms with Crippen LogP contribution in [0.5, 0.6) is 5.75 Å². The summed E-state index contributed by atoms with van der Waals surface area (Å²) in [6.45, 7) is 11.7. The molecule has 0 bridgehead atoms. The van der Waals surface area contributed by atoms with Gasteiger partial charge < -0.3 is 15.0 Å². The molecule has 1 aromatic rings. The van der Waals surface area contributed by atoms with Crippen molar-refractivity contribution in [3.63, 3.8) is 0 Å². The van der Waals surface area contributed by atoms with E-state index in [1.807, 2.05) is 32.0 Å². The molecule has 0 spiro atoms. The molecule has 1 N–H and O–H groups in total. The molecule has 0 radical (unpaired) electrons. The molecule has 0 unspecified atom stereocenters. The molecule has 20 heavy (non-hydrogen) atoms. The van der Waals surface area contributed by atoms with Crippen LogP contribution in [0.1, 0.15) is 40.2 Å². The highest BCUT2D eigenvalue weighted by atomic mass is 16.5. The smallest absolute Gasteiger partial charge is 0.321 e. The number of amides is 2. The minimum atomic E-state index is -0.0978. The second-order valence-electron chi connectivity index (χ2n) is 5.77. The van der Waals surface area contributed by atoms with Crippen molar-refractivity contribution >= 4 is 11.7 Å². The summed E-state index contributed by atoms with van der Waals surface area (Å²) in [6.07, 6.45) is 0. The quantitative estimate of drug-likeness (QED) is 0.908. The van der Waals surface area contributed by atoms with Gasteiger partial charge in [0.25, 0.3) is 0 Å². The molecule has 0 aliphatic rings. The highest BCUT2D eigenvalue weighted by Gasteiger charge is 2.18. The van der Waals surface area contributed by atoms with Gasteiger partial charge in [0.05, 0.1) is 12.8 Å². The number of hydrogen-bond donors (Lipinski definition) is 1. The molecular formula is C16H26N2O2. The maximum Gasteiger partial charge on any atom is 0.321 e. The van der Waals surface area contributed by atoms with Crippen LogP contribution in [0.2, 0.25) is 0 Å². The summed E-state index contributed by atoms with van der Waals surface area (Å²) < 4.78 is 5.33. The SMILES string of the molecule is CCN(CC)C(=O)Nc1cc(C(C)(C)C)ccc1OC. The van der Waals surface area contributed by atoms with Crippen LogP contribution < -0.4 is 10.1 Å². The zero-order valence-electron chi connectivity index (χ0n) is 13.4. The molecule has 0 aliphatic carbocycles. The van der Waals surface area contributed by atoms with E-state index in [1.165, 1.54) is 0 Å². The Kier molecular flexibility index (Phi) is 5.43. The van der Waals surface area contributed by atoms with Gasteiger partial charge in [0.2, 0.25) is 0 Å². The minimum absolute atomic E-state index is 0.0287. The summed E-state index contributed by atoms with van der Waals surface area (Å²) in [7, 11) is 1.61. The molecule has 112 valence electrons. The number of carbonyl (C=O) groups is 1. The van der Waals surface area contributed by atoms with E-state index in [4.69, 9.17) is 4.74 Å². The molecule has 1 aromatic carbocycles. The van der Waals surface area contributed by atoms with Gasteiger partial charge >= 0.3 is 6.03 Å². The number of benzene rings is 1. The van der Waals surface area contributed by atoms with Crippen molar-refractivity contribution in [2.24, 2.45) is 0 Å². The largest absolute Gasteiger partial charge is 0.495 e. The van der Waals surface area contributed by atoms with Crippen LogP contribution in [0.3, 0.4) is 0 Å². The topological polar surface area (TPSA) is 41.6 Å². The Labute approximate surface area is 122 Å². The van der Waals surface area contributed by atoms with Gasteiger partial charge in [0.1, 0.15) is 5.75 Å². The number of hydrogen-bond acceptors (Lipinski definition) is 2. The van der Waals surface area contributed by atoms with Crippen molar-refractivity contribution in [2.75, 3.05) is 25.5 Å². The van der Waals surface area contributed by atoms with Crippen molar-refractivity contribution in [1.29, 1.82) is 0 Å². The van der Waals surface area contributed by atoms with Gasteiger partial charge in [0.15, 0.2) is 0 Å². The molecule has 0 saturated carbocycles. The molecule has 2 amide bonds. The molecule has 0 atom stereocenters. The van der Waals surface area contributed by atoms with E-state index in [9.17, 15) is 4.79 Å². The van der Waals surface area contributed by atoms with E-state index < -0.39 is 0 Å². The van der Waals surface area contributed by atoms with Gasteiger partial charge in [0, 0.05) is 13.1 Å². The third-order valence-corrected chi connectivity index (χ3v) is 3.36. The van der Waals surface area contributed by atoms with Gasteiger partial charge in [-0.3, -0.25) is 0 Å². The molecular weight excluding hydrogens is 252 g/mol. The summed E-state index contributed by atoms with van der Waals surface area (Å²) in [5.41, 5.74) is 1.91. The Bertz CT molecular complexity index is 460. The summed E-state index contributed by atoms with van der Waals surface area (Å²) in [6, 6.07) is 5.82. The predicted octanol–water partition coefficient (Wildman–Crippen LogP) is 3.87. The molecule has 4 heteroatoms. The number of ether oxygens (including phenoxy) is 1. The fraction of sp³-hybridized carbons (Fsp3) is 0.562. The van der Waals surface area contributed by atoms with Crippen molar-refractivity contribution < 1.29 is 9.53 Å². The van der Waals surface area contributed by atoms with Gasteiger partial charge in [-0.15, -0.1) is 0 Å². The van der Waals surface area contributed by atoms with Gasteiger partial charge in [-0.05, 0) is 37.0 Å². The summed E-state index contributed by atoms with van der Waals surface area (Å²) in [5, 5.41) is 2.94. The van der Waals surface area contributed by atoms with E-state index in [0.717, 1.165) is 11.3 Å². The van der Waals surface area contributed by atoms with E-state index in [1.54, 1.807) is 12.0 Å². The Morgan fingerprint density at radius 3 is 2.30 bits per heavy atom. The lowest BCUT2D eigenvalue weighted by molar-refractivity contribution is 0.217. The van der Waals surface area contributed by atoms with Crippen molar-refractivity contribution in [3.05, 3.63) is 23.8 Å². The predicted molar refractivity (Wildman–Crippen MR) is 83.6 cm³/mol. The third kappa shape index (κ3) is 3.89. The highest BCUT2D eigenvalue weighted by Crippen LogP contribution is 2.31. The fourth-order valence-corrected chi connectivity index (χ4v) is 1.98. The van der Waals surface area contributed by atoms with Crippen LogP contribution in [0, 0.1) is 0 Å². The van der Waals surface area contributed by atoms with Crippen molar-refractivity contribution in [3.8, 4) is 5.75 Å². The standard InChI is InChI=1S/C16H26N2O2/c1-7-18(8-2)15(19)17-13-11-12(16(3,4)5)9-10-14(13)20-6/h9-11H,7-8H2,1-6H3,(H,17,19). The van der Waals surface area contributed by atoms with E-state index >= 15 is 0 Å². The van der Waals surface area contributed by atoms with Gasteiger partial charge in [-0.25, -0.2) is 4.79 Å². The van der Waals surface area contributed by atoms with Crippen LogP contribution in [-0.2, 0) is 5.41 Å². The first kappa shape index (κ1) is 16.3. The Hall–Kier alpha value is -1.71. The molecule has 0 heterocycles. The Morgan fingerprint density at radius 2 is 1.85 bits per heavy atom. The lowest BCUT2D eigenvalue weighted by atomic mass is 9.87. The van der Waals surface area contributed by atoms with Crippen LogP contribution >= 0.6 is 0 Å². The molecule has 1 rings (SSSR count). The van der Waals surface area contributed by atoms with Crippen molar-refractivity contribution in [1.82, 2.24) is 4.90 Å². The lowest BCUT2D eigenvalue weighted by Crippen LogP contribution is -2.34. The first-order chi connectivity index (χ1) is 9.33. The first-order valence-corrected chi connectivity index (χ1v) is 7.07. The van der Waals surface area contributed by atoms with Crippen LogP contribution in [0.25, 0.3) is 0 Å². The number of nitrogens with zero attached hydrogens (tertiary/aromatic N) is 1. The summed E-state index contributed by atoms with van der Waals surface area (Å²) in [5.74, 6) is 0.679. The van der Waals surface area contributed by atoms with Crippen LogP contribution in [0.15, 0.2) is 18.2 Å². The van der Waals surface area contributed by atoms with Crippen molar-refractivity contribution in [2.45, 2.75) is 40.0 Å². The Balaban J connectivity index is 3.06. The maximum atomic E-state index is 12.2. The van der Waals surface area contributed by atoms with Crippen LogP contribution in [0.4, 0.5) is 10.5 Å². The second kappa shape index (κ2) is 6.64. The Morgan fingerprint density at radius 1 is 1.25 bits per heavy atom. The number of urea groups is 1. The molecule has 0 saturated heterocycles. The monoisotopic (exact) mass is 278 g/mol. The van der Waals surface area contributed by atoms with Crippen LogP contribution in [-0.4, -0.2) is 31.1 Å². The normalized spacial score (nSPS) is 11.1. The van der Waals surface area contributed by atoms with E-state index in [-0.39, 0.29) is 11.4 Å². The number of rotatable bonds is 4. The summed E-state index contributed by atoms with van der Waals surface area (Å²) >= 11 is 0. The molecule has 0 aromatic heterocycles. The fourth-order valence-electron chi connectivity index (χ4n) is 1.98. The maximum absolute atomic E-state index is 12.2. The van der Waals surface area contributed by atoms with Gasteiger partial charge in [-0.1, -0.05) is 26.8 Å². The molecule has 0 aliphatic heterocycles.